The highest BCUT2D eigenvalue weighted by Crippen LogP contribution is 2.23. The third-order valence-electron chi connectivity index (χ3n) is 3.73. The zero-order valence-corrected chi connectivity index (χ0v) is 14.5. The van der Waals surface area contributed by atoms with Gasteiger partial charge in [0.15, 0.2) is 0 Å². The van der Waals surface area contributed by atoms with E-state index >= 15 is 0 Å². The summed E-state index contributed by atoms with van der Waals surface area (Å²) in [7, 11) is 0. The monoisotopic (exact) mass is 338 g/mol. The number of hydrogen-bond donors (Lipinski definition) is 0. The predicted molar refractivity (Wildman–Crippen MR) is 95.3 cm³/mol. The van der Waals surface area contributed by atoms with Gasteiger partial charge in [0.05, 0.1) is 6.61 Å². The number of carbonyl (C=O) groups excluding carboxylic acids is 1. The van der Waals surface area contributed by atoms with Gasteiger partial charge in [-0.2, -0.15) is 0 Å². The van der Waals surface area contributed by atoms with E-state index in [1.54, 1.807) is 24.5 Å². The van der Waals surface area contributed by atoms with E-state index in [4.69, 9.17) is 4.74 Å². The molecule has 0 saturated heterocycles. The van der Waals surface area contributed by atoms with Crippen LogP contribution in [-0.2, 0) is 11.2 Å². The van der Waals surface area contributed by atoms with Crippen molar-refractivity contribution in [2.75, 3.05) is 6.61 Å². The number of benzene rings is 1. The van der Waals surface area contributed by atoms with Crippen molar-refractivity contribution in [3.05, 3.63) is 70.5 Å². The van der Waals surface area contributed by atoms with E-state index in [9.17, 15) is 4.79 Å². The fraction of sp³-hybridized carbons (Fsp3) is 0.211. The van der Waals surface area contributed by atoms with Gasteiger partial charge in [-0.15, -0.1) is 11.3 Å². The Morgan fingerprint density at radius 2 is 2.00 bits per heavy atom. The van der Waals surface area contributed by atoms with Crippen molar-refractivity contribution in [2.45, 2.75) is 20.3 Å². The predicted octanol–water partition coefficient (Wildman–Crippen LogP) is 4.28. The molecule has 2 heterocycles. The zero-order valence-electron chi connectivity index (χ0n) is 13.7. The quantitative estimate of drug-likeness (QED) is 0.652. The number of nitrogens with zero attached hydrogens (tertiary/aromatic N) is 2. The van der Waals surface area contributed by atoms with Gasteiger partial charge in [0, 0.05) is 23.3 Å². The lowest BCUT2D eigenvalue weighted by Crippen LogP contribution is -2.08. The average molecular weight is 338 g/mol. The van der Waals surface area contributed by atoms with Crippen molar-refractivity contribution in [3.63, 3.8) is 0 Å². The number of aromatic nitrogens is 2. The van der Waals surface area contributed by atoms with Crippen molar-refractivity contribution < 1.29 is 9.53 Å². The van der Waals surface area contributed by atoms with Crippen LogP contribution in [0.4, 0.5) is 0 Å². The summed E-state index contributed by atoms with van der Waals surface area (Å²) < 4.78 is 5.02. The first kappa shape index (κ1) is 16.3. The molecule has 0 aliphatic rings. The van der Waals surface area contributed by atoms with Crippen molar-refractivity contribution in [1.82, 2.24) is 9.97 Å². The second-order valence-corrected chi connectivity index (χ2v) is 6.32. The highest BCUT2D eigenvalue weighted by atomic mass is 32.1. The molecule has 0 N–H and O–H groups in total. The molecule has 2 aromatic heterocycles. The fourth-order valence-corrected chi connectivity index (χ4v) is 3.07. The standard InChI is InChI=1S/C19H18N2O2S/c1-3-23-19(22)17-11-16(13(2)12-21-17)10-14-4-6-15(7-5-14)18-20-8-9-24-18/h4-9,11-12H,3,10H2,1-2H3. The topological polar surface area (TPSA) is 52.1 Å². The Balaban J connectivity index is 1.80. The Hall–Kier alpha value is -2.53. The fourth-order valence-electron chi connectivity index (χ4n) is 2.42. The van der Waals surface area contributed by atoms with Gasteiger partial charge in [-0.25, -0.2) is 14.8 Å². The van der Waals surface area contributed by atoms with Crippen molar-refractivity contribution in [1.29, 1.82) is 0 Å². The molecule has 0 aliphatic carbocycles. The molecule has 24 heavy (non-hydrogen) atoms. The van der Waals surface area contributed by atoms with Gasteiger partial charge < -0.3 is 4.74 Å². The first-order chi connectivity index (χ1) is 11.7. The molecular weight excluding hydrogens is 320 g/mol. The molecule has 1 aromatic carbocycles. The number of carbonyl (C=O) groups is 1. The minimum absolute atomic E-state index is 0.349. The molecule has 3 rings (SSSR count). The van der Waals surface area contributed by atoms with E-state index in [1.165, 1.54) is 5.56 Å². The SMILES string of the molecule is CCOC(=O)c1cc(Cc2ccc(-c3nccs3)cc2)c(C)cn1. The van der Waals surface area contributed by atoms with Crippen LogP contribution in [0.25, 0.3) is 10.6 Å². The van der Waals surface area contributed by atoms with Gasteiger partial charge in [0.25, 0.3) is 0 Å². The first-order valence-electron chi connectivity index (χ1n) is 7.79. The van der Waals surface area contributed by atoms with Gasteiger partial charge in [-0.1, -0.05) is 24.3 Å². The minimum atomic E-state index is -0.377. The Morgan fingerprint density at radius 3 is 2.67 bits per heavy atom. The maximum Gasteiger partial charge on any atom is 0.356 e. The van der Waals surface area contributed by atoms with Crippen LogP contribution in [-0.4, -0.2) is 22.5 Å². The summed E-state index contributed by atoms with van der Waals surface area (Å²) in [6.45, 7) is 4.14. The van der Waals surface area contributed by atoms with Crippen molar-refractivity contribution >= 4 is 17.3 Å². The summed E-state index contributed by atoms with van der Waals surface area (Å²) in [6, 6.07) is 10.2. The normalized spacial score (nSPS) is 10.6. The molecule has 4 nitrogen and oxygen atoms in total. The van der Waals surface area contributed by atoms with Crippen molar-refractivity contribution in [3.8, 4) is 10.6 Å². The number of ether oxygens (including phenoxy) is 1. The van der Waals surface area contributed by atoms with E-state index in [2.05, 4.69) is 34.2 Å². The number of esters is 1. The number of pyridine rings is 1. The average Bonchev–Trinajstić information content (AvgIpc) is 3.12. The minimum Gasteiger partial charge on any atom is -0.461 e. The van der Waals surface area contributed by atoms with E-state index in [-0.39, 0.29) is 5.97 Å². The summed E-state index contributed by atoms with van der Waals surface area (Å²) in [6.07, 6.45) is 4.29. The summed E-state index contributed by atoms with van der Waals surface area (Å²) in [4.78, 5) is 20.3. The van der Waals surface area contributed by atoms with E-state index < -0.39 is 0 Å². The summed E-state index contributed by atoms with van der Waals surface area (Å²) in [5, 5.41) is 2.99. The van der Waals surface area contributed by atoms with Crippen LogP contribution in [0.2, 0.25) is 0 Å². The van der Waals surface area contributed by atoms with Gasteiger partial charge in [0.2, 0.25) is 0 Å². The van der Waals surface area contributed by atoms with Crippen LogP contribution in [0.3, 0.4) is 0 Å². The lowest BCUT2D eigenvalue weighted by atomic mass is 10.0. The second-order valence-electron chi connectivity index (χ2n) is 5.43. The number of thiazole rings is 1. The van der Waals surface area contributed by atoms with E-state index in [1.807, 2.05) is 24.6 Å². The molecule has 0 aliphatic heterocycles. The van der Waals surface area contributed by atoms with Gasteiger partial charge in [-0.05, 0) is 43.0 Å². The molecule has 0 atom stereocenters. The molecule has 3 aromatic rings. The van der Waals surface area contributed by atoms with Gasteiger partial charge >= 0.3 is 5.97 Å². The van der Waals surface area contributed by atoms with Crippen LogP contribution >= 0.6 is 11.3 Å². The number of hydrogen-bond acceptors (Lipinski definition) is 5. The Kier molecular flexibility index (Phi) is 5.01. The largest absolute Gasteiger partial charge is 0.461 e. The van der Waals surface area contributed by atoms with Crippen LogP contribution in [0.15, 0.2) is 48.1 Å². The molecular formula is C19H18N2O2S. The molecule has 0 spiro atoms. The highest BCUT2D eigenvalue weighted by Gasteiger charge is 2.11. The summed E-state index contributed by atoms with van der Waals surface area (Å²) in [5.74, 6) is -0.377. The van der Waals surface area contributed by atoms with Crippen molar-refractivity contribution in [2.24, 2.45) is 0 Å². The van der Waals surface area contributed by atoms with E-state index in [0.717, 1.165) is 28.1 Å². The number of aryl methyl sites for hydroxylation is 1. The smallest absolute Gasteiger partial charge is 0.356 e. The Morgan fingerprint density at radius 1 is 1.21 bits per heavy atom. The third kappa shape index (κ3) is 3.68. The Labute approximate surface area is 145 Å². The third-order valence-corrected chi connectivity index (χ3v) is 4.55. The van der Waals surface area contributed by atoms with Gasteiger partial charge in [-0.3, -0.25) is 0 Å². The van der Waals surface area contributed by atoms with Crippen LogP contribution in [0, 0.1) is 6.92 Å². The van der Waals surface area contributed by atoms with Crippen LogP contribution in [0.1, 0.15) is 34.1 Å². The maximum absolute atomic E-state index is 11.8. The molecule has 0 saturated carbocycles. The Bertz CT molecular complexity index is 827. The molecule has 5 heteroatoms. The lowest BCUT2D eigenvalue weighted by molar-refractivity contribution is 0.0519. The lowest BCUT2D eigenvalue weighted by Gasteiger charge is -2.09. The van der Waals surface area contributed by atoms with Crippen LogP contribution in [0.5, 0.6) is 0 Å². The second kappa shape index (κ2) is 7.36. The maximum atomic E-state index is 11.8. The molecule has 0 unspecified atom stereocenters. The molecule has 0 bridgehead atoms. The summed E-state index contributed by atoms with van der Waals surface area (Å²) >= 11 is 1.63. The van der Waals surface area contributed by atoms with E-state index in [0.29, 0.717) is 12.3 Å². The zero-order chi connectivity index (χ0) is 16.9. The molecule has 0 amide bonds. The molecule has 122 valence electrons. The van der Waals surface area contributed by atoms with Crippen LogP contribution < -0.4 is 0 Å². The first-order valence-corrected chi connectivity index (χ1v) is 8.66. The van der Waals surface area contributed by atoms with Gasteiger partial charge in [0.1, 0.15) is 10.7 Å². The molecule has 0 fully saturated rings. The highest BCUT2D eigenvalue weighted by molar-refractivity contribution is 7.13. The molecule has 0 radical (unpaired) electrons. The summed E-state index contributed by atoms with van der Waals surface area (Å²) in [5.41, 5.74) is 4.80. The number of rotatable bonds is 5.